The van der Waals surface area contributed by atoms with E-state index in [0.717, 1.165) is 30.2 Å². The van der Waals surface area contributed by atoms with E-state index in [1.807, 2.05) is 18.2 Å². The molecule has 8 nitrogen and oxygen atoms in total. The third-order valence-corrected chi connectivity index (χ3v) is 6.93. The number of ether oxygens (including phenoxy) is 2. The first kappa shape index (κ1) is 18.1. The predicted molar refractivity (Wildman–Crippen MR) is 101 cm³/mol. The van der Waals surface area contributed by atoms with Crippen LogP contribution < -0.4 is 14.4 Å². The van der Waals surface area contributed by atoms with Crippen molar-refractivity contribution in [2.45, 2.75) is 18.2 Å². The zero-order valence-corrected chi connectivity index (χ0v) is 16.4. The van der Waals surface area contributed by atoms with Gasteiger partial charge in [0.15, 0.2) is 11.5 Å². The molecule has 0 radical (unpaired) electrons. The van der Waals surface area contributed by atoms with Crippen molar-refractivity contribution in [2.75, 3.05) is 44.3 Å². The largest absolute Gasteiger partial charge is 0.486 e. The zero-order chi connectivity index (χ0) is 19.0. The van der Waals surface area contributed by atoms with E-state index in [0.29, 0.717) is 38.5 Å². The van der Waals surface area contributed by atoms with E-state index in [1.54, 1.807) is 29.2 Å². The van der Waals surface area contributed by atoms with Gasteiger partial charge in [0.05, 0.1) is 5.69 Å². The number of sulfonamides is 1. The molecular formula is C18H24N4O4S. The van der Waals surface area contributed by atoms with Crippen LogP contribution in [0.3, 0.4) is 0 Å². The maximum atomic E-state index is 13.0. The normalized spacial score (nSPS) is 18.4. The van der Waals surface area contributed by atoms with Crippen molar-refractivity contribution in [3.63, 3.8) is 0 Å². The molecule has 0 aliphatic carbocycles. The van der Waals surface area contributed by atoms with E-state index in [-0.39, 0.29) is 4.90 Å². The van der Waals surface area contributed by atoms with Crippen LogP contribution in [0.5, 0.6) is 11.5 Å². The number of aryl methyl sites for hydroxylation is 2. The van der Waals surface area contributed by atoms with E-state index >= 15 is 0 Å². The fraction of sp³-hybridized carbons (Fsp3) is 0.500. The van der Waals surface area contributed by atoms with Gasteiger partial charge in [-0.15, -0.1) is 0 Å². The number of benzene rings is 1. The summed E-state index contributed by atoms with van der Waals surface area (Å²) in [6, 6.07) is 5.90. The van der Waals surface area contributed by atoms with Gasteiger partial charge in [-0.25, -0.2) is 8.42 Å². The van der Waals surface area contributed by atoms with Crippen molar-refractivity contribution < 1.29 is 17.9 Å². The summed E-state index contributed by atoms with van der Waals surface area (Å²) in [6.07, 6.45) is 2.33. The molecule has 2 aliphatic heterocycles. The van der Waals surface area contributed by atoms with Crippen LogP contribution >= 0.6 is 0 Å². The molecule has 1 aromatic carbocycles. The molecule has 1 aromatic heterocycles. The highest BCUT2D eigenvalue weighted by Gasteiger charge is 2.30. The first-order valence-electron chi connectivity index (χ1n) is 9.10. The molecule has 0 saturated carbocycles. The number of anilines is 1. The predicted octanol–water partition coefficient (Wildman–Crippen LogP) is 1.40. The number of rotatable bonds is 3. The van der Waals surface area contributed by atoms with Crippen molar-refractivity contribution in [1.29, 1.82) is 0 Å². The second-order valence-electron chi connectivity index (χ2n) is 6.83. The molecule has 3 heterocycles. The highest BCUT2D eigenvalue weighted by atomic mass is 32.2. The molecule has 0 amide bonds. The molecule has 0 atom stereocenters. The average Bonchev–Trinajstić information content (AvgIpc) is 2.86. The molecule has 0 bridgehead atoms. The van der Waals surface area contributed by atoms with Gasteiger partial charge in [0, 0.05) is 51.2 Å². The summed E-state index contributed by atoms with van der Waals surface area (Å²) in [5.74, 6) is 1.51. The number of hydrogen-bond acceptors (Lipinski definition) is 6. The highest BCUT2D eigenvalue weighted by molar-refractivity contribution is 7.89. The smallest absolute Gasteiger partial charge is 0.246 e. The lowest BCUT2D eigenvalue weighted by Gasteiger charge is -2.25. The van der Waals surface area contributed by atoms with E-state index in [2.05, 4.69) is 10.00 Å². The number of aromatic nitrogens is 2. The number of hydrogen-bond donors (Lipinski definition) is 0. The Balaban J connectivity index is 1.52. The molecule has 146 valence electrons. The summed E-state index contributed by atoms with van der Waals surface area (Å²) in [7, 11) is -1.80. The number of nitrogens with zero attached hydrogens (tertiary/aromatic N) is 4. The van der Waals surface area contributed by atoms with Crippen LogP contribution in [-0.4, -0.2) is 61.9 Å². The van der Waals surface area contributed by atoms with Gasteiger partial charge in [-0.05, 0) is 25.5 Å². The Bertz CT molecular complexity index is 941. The molecule has 0 N–H and O–H groups in total. The lowest BCUT2D eigenvalue weighted by Crippen LogP contribution is -2.35. The van der Waals surface area contributed by atoms with Gasteiger partial charge >= 0.3 is 0 Å². The minimum absolute atomic E-state index is 0.290. The van der Waals surface area contributed by atoms with Crippen LogP contribution in [0.1, 0.15) is 12.1 Å². The third kappa shape index (κ3) is 3.49. The van der Waals surface area contributed by atoms with Gasteiger partial charge in [0.1, 0.15) is 18.1 Å². The van der Waals surface area contributed by atoms with Gasteiger partial charge in [0.2, 0.25) is 10.0 Å². The maximum Gasteiger partial charge on any atom is 0.246 e. The van der Waals surface area contributed by atoms with Gasteiger partial charge in [-0.3, -0.25) is 4.68 Å². The molecule has 27 heavy (non-hydrogen) atoms. The maximum absolute atomic E-state index is 13.0. The second kappa shape index (κ2) is 7.05. The summed E-state index contributed by atoms with van der Waals surface area (Å²) in [6.45, 7) is 5.19. The van der Waals surface area contributed by atoms with E-state index in [1.165, 1.54) is 0 Å². The molecule has 0 unspecified atom stereocenters. The summed E-state index contributed by atoms with van der Waals surface area (Å²) < 4.78 is 40.4. The van der Waals surface area contributed by atoms with Crippen molar-refractivity contribution in [3.8, 4) is 11.5 Å². The molecular weight excluding hydrogens is 368 g/mol. The molecule has 1 fully saturated rings. The first-order chi connectivity index (χ1) is 12.9. The van der Waals surface area contributed by atoms with Crippen LogP contribution in [0.4, 0.5) is 5.69 Å². The van der Waals surface area contributed by atoms with Gasteiger partial charge < -0.3 is 14.4 Å². The van der Waals surface area contributed by atoms with Crippen molar-refractivity contribution >= 4 is 15.7 Å². The average molecular weight is 392 g/mol. The van der Waals surface area contributed by atoms with E-state index < -0.39 is 10.0 Å². The van der Waals surface area contributed by atoms with E-state index in [9.17, 15) is 8.42 Å². The van der Waals surface area contributed by atoms with Gasteiger partial charge in [-0.2, -0.15) is 9.40 Å². The first-order valence-corrected chi connectivity index (χ1v) is 10.5. The summed E-state index contributed by atoms with van der Waals surface area (Å²) in [4.78, 5) is 2.49. The summed E-state index contributed by atoms with van der Waals surface area (Å²) >= 11 is 0. The molecule has 0 spiro atoms. The van der Waals surface area contributed by atoms with Crippen LogP contribution in [0.15, 0.2) is 29.3 Å². The summed E-state index contributed by atoms with van der Waals surface area (Å²) in [5.41, 5.74) is 1.56. The van der Waals surface area contributed by atoms with Crippen molar-refractivity contribution in [2.24, 2.45) is 7.05 Å². The van der Waals surface area contributed by atoms with Gasteiger partial charge in [-0.1, -0.05) is 0 Å². The standard InChI is InChI=1S/C18H24N4O4S/c1-14-18(13-20(2)19-14)27(23,24)22-7-3-6-21(8-9-22)15-4-5-16-17(12-15)26-11-10-25-16/h4-5,12-13H,3,6-11H2,1-2H3. The van der Waals surface area contributed by atoms with Crippen LogP contribution in [0, 0.1) is 6.92 Å². The fourth-order valence-electron chi connectivity index (χ4n) is 3.59. The topological polar surface area (TPSA) is 76.9 Å². The lowest BCUT2D eigenvalue weighted by molar-refractivity contribution is 0.171. The SMILES string of the molecule is Cc1nn(C)cc1S(=O)(=O)N1CCCN(c2ccc3c(c2)OCCO3)CC1. The lowest BCUT2D eigenvalue weighted by atomic mass is 10.2. The Hall–Kier alpha value is -2.26. The Labute approximate surface area is 159 Å². The van der Waals surface area contributed by atoms with Crippen molar-refractivity contribution in [1.82, 2.24) is 14.1 Å². The summed E-state index contributed by atoms with van der Waals surface area (Å²) in [5, 5.41) is 4.17. The minimum Gasteiger partial charge on any atom is -0.486 e. The van der Waals surface area contributed by atoms with Crippen LogP contribution in [-0.2, 0) is 17.1 Å². The van der Waals surface area contributed by atoms with Crippen LogP contribution in [0.25, 0.3) is 0 Å². The Morgan fingerprint density at radius 1 is 1.04 bits per heavy atom. The molecule has 9 heteroatoms. The second-order valence-corrected chi connectivity index (χ2v) is 8.73. The zero-order valence-electron chi connectivity index (χ0n) is 15.6. The highest BCUT2D eigenvalue weighted by Crippen LogP contribution is 2.34. The Morgan fingerprint density at radius 3 is 2.56 bits per heavy atom. The molecule has 2 aromatic rings. The monoisotopic (exact) mass is 392 g/mol. The van der Waals surface area contributed by atoms with Gasteiger partial charge in [0.25, 0.3) is 0 Å². The minimum atomic E-state index is -3.54. The molecule has 2 aliphatic rings. The van der Waals surface area contributed by atoms with E-state index in [4.69, 9.17) is 9.47 Å². The Kier molecular flexibility index (Phi) is 4.73. The van der Waals surface area contributed by atoms with Crippen molar-refractivity contribution in [3.05, 3.63) is 30.1 Å². The Morgan fingerprint density at radius 2 is 1.81 bits per heavy atom. The third-order valence-electron chi connectivity index (χ3n) is 4.93. The quantitative estimate of drug-likeness (QED) is 0.786. The van der Waals surface area contributed by atoms with Crippen LogP contribution in [0.2, 0.25) is 0 Å². The fourth-order valence-corrected chi connectivity index (χ4v) is 5.26. The molecule has 4 rings (SSSR count). The molecule has 1 saturated heterocycles. The number of fused-ring (bicyclic) bond motifs is 1.